The molecule has 0 saturated carbocycles. The van der Waals surface area contributed by atoms with Gasteiger partial charge in [-0.15, -0.1) is 11.3 Å². The molecule has 0 atom stereocenters. The van der Waals surface area contributed by atoms with Crippen LogP contribution in [0.1, 0.15) is 16.8 Å². The normalized spacial score (nSPS) is 17.8. The van der Waals surface area contributed by atoms with Crippen molar-refractivity contribution in [2.24, 2.45) is 5.92 Å². The molecule has 1 aliphatic heterocycles. The second-order valence-corrected chi connectivity index (χ2v) is 4.50. The molecule has 2 rings (SSSR count). The van der Waals surface area contributed by atoms with Crippen LogP contribution >= 0.6 is 11.3 Å². The summed E-state index contributed by atoms with van der Waals surface area (Å²) in [6.45, 7) is 4.55. The molecule has 1 saturated heterocycles. The van der Waals surface area contributed by atoms with E-state index in [-0.39, 0.29) is 0 Å². The van der Waals surface area contributed by atoms with Crippen molar-refractivity contribution >= 4 is 11.3 Å². The minimum atomic E-state index is 0.848. The van der Waals surface area contributed by atoms with Gasteiger partial charge in [0.25, 0.3) is 0 Å². The first-order valence-corrected chi connectivity index (χ1v) is 5.34. The molecular formula is C9H14N2S. The lowest BCUT2D eigenvalue weighted by Crippen LogP contribution is -2.43. The summed E-state index contributed by atoms with van der Waals surface area (Å²) >= 11 is 1.87. The van der Waals surface area contributed by atoms with Gasteiger partial charge < -0.3 is 5.32 Å². The third-order valence-corrected chi connectivity index (χ3v) is 3.44. The molecule has 0 radical (unpaired) electrons. The van der Waals surface area contributed by atoms with Gasteiger partial charge in [0.05, 0.1) is 5.01 Å². The number of nitrogens with zero attached hydrogens (tertiary/aromatic N) is 1. The number of thiazole rings is 1. The molecule has 0 amide bonds. The second-order valence-electron chi connectivity index (χ2n) is 3.30. The van der Waals surface area contributed by atoms with Crippen LogP contribution in [-0.4, -0.2) is 18.1 Å². The highest BCUT2D eigenvalue weighted by atomic mass is 32.1. The van der Waals surface area contributed by atoms with Gasteiger partial charge in [0, 0.05) is 17.5 Å². The van der Waals surface area contributed by atoms with E-state index in [1.54, 1.807) is 0 Å². The average Bonchev–Trinajstić information content (AvgIpc) is 2.44. The van der Waals surface area contributed by atoms with Crippen LogP contribution in [0.3, 0.4) is 0 Å². The summed E-state index contributed by atoms with van der Waals surface area (Å²) in [6.07, 6.45) is 4.32. The summed E-state index contributed by atoms with van der Waals surface area (Å²) in [7, 11) is 0. The Morgan fingerprint density at radius 3 is 3.00 bits per heavy atom. The van der Waals surface area contributed by atoms with E-state index in [1.807, 2.05) is 17.5 Å². The van der Waals surface area contributed by atoms with Crippen LogP contribution < -0.4 is 5.32 Å². The SMILES string of the molecule is CCc1cnc(CC2CNC2)s1. The summed E-state index contributed by atoms with van der Waals surface area (Å²) in [4.78, 5) is 5.81. The molecule has 0 aromatic carbocycles. The first-order chi connectivity index (χ1) is 5.88. The predicted molar refractivity (Wildman–Crippen MR) is 51.6 cm³/mol. The van der Waals surface area contributed by atoms with Gasteiger partial charge >= 0.3 is 0 Å². The molecule has 2 heterocycles. The molecule has 0 aliphatic carbocycles. The van der Waals surface area contributed by atoms with Crippen LogP contribution in [0.4, 0.5) is 0 Å². The summed E-state index contributed by atoms with van der Waals surface area (Å²) < 4.78 is 0. The lowest BCUT2D eigenvalue weighted by Gasteiger charge is -2.25. The molecule has 1 N–H and O–H groups in total. The highest BCUT2D eigenvalue weighted by Crippen LogP contribution is 2.18. The Kier molecular flexibility index (Phi) is 2.42. The molecule has 1 aromatic heterocycles. The van der Waals surface area contributed by atoms with E-state index in [0.717, 1.165) is 12.3 Å². The van der Waals surface area contributed by atoms with Gasteiger partial charge in [-0.2, -0.15) is 0 Å². The van der Waals surface area contributed by atoms with E-state index >= 15 is 0 Å². The Labute approximate surface area is 77.0 Å². The molecule has 0 spiro atoms. The quantitative estimate of drug-likeness (QED) is 0.765. The zero-order valence-corrected chi connectivity index (χ0v) is 8.16. The first kappa shape index (κ1) is 8.20. The zero-order chi connectivity index (χ0) is 8.39. The first-order valence-electron chi connectivity index (χ1n) is 4.52. The number of hydrogen-bond acceptors (Lipinski definition) is 3. The Morgan fingerprint density at radius 2 is 2.50 bits per heavy atom. The van der Waals surface area contributed by atoms with E-state index in [0.29, 0.717) is 0 Å². The van der Waals surface area contributed by atoms with Crippen molar-refractivity contribution < 1.29 is 0 Å². The molecule has 1 fully saturated rings. The maximum atomic E-state index is 4.40. The number of aromatic nitrogens is 1. The topological polar surface area (TPSA) is 24.9 Å². The molecule has 12 heavy (non-hydrogen) atoms. The van der Waals surface area contributed by atoms with Crippen molar-refractivity contribution in [2.75, 3.05) is 13.1 Å². The van der Waals surface area contributed by atoms with Crippen LogP contribution in [0, 0.1) is 5.92 Å². The summed E-state index contributed by atoms with van der Waals surface area (Å²) in [5, 5.41) is 4.60. The molecule has 1 aromatic rings. The van der Waals surface area contributed by atoms with Gasteiger partial charge in [0.15, 0.2) is 0 Å². The third-order valence-electron chi connectivity index (χ3n) is 2.28. The van der Waals surface area contributed by atoms with Crippen molar-refractivity contribution in [2.45, 2.75) is 19.8 Å². The Bertz CT molecular complexity index is 253. The summed E-state index contributed by atoms with van der Waals surface area (Å²) in [5.74, 6) is 0.848. The molecule has 0 unspecified atom stereocenters. The van der Waals surface area contributed by atoms with E-state index in [1.165, 1.54) is 29.4 Å². The number of aryl methyl sites for hydroxylation is 1. The molecular weight excluding hydrogens is 168 g/mol. The van der Waals surface area contributed by atoms with E-state index in [4.69, 9.17) is 0 Å². The van der Waals surface area contributed by atoms with Crippen molar-refractivity contribution in [1.82, 2.24) is 10.3 Å². The van der Waals surface area contributed by atoms with Crippen LogP contribution in [0.15, 0.2) is 6.20 Å². The van der Waals surface area contributed by atoms with Crippen molar-refractivity contribution in [3.8, 4) is 0 Å². The smallest absolute Gasteiger partial charge is 0.0931 e. The highest BCUT2D eigenvalue weighted by Gasteiger charge is 2.18. The lowest BCUT2D eigenvalue weighted by molar-refractivity contribution is 0.346. The second kappa shape index (κ2) is 3.54. The van der Waals surface area contributed by atoms with Gasteiger partial charge in [-0.25, -0.2) is 4.98 Å². The number of hydrogen-bond donors (Lipinski definition) is 1. The fraction of sp³-hybridized carbons (Fsp3) is 0.667. The maximum Gasteiger partial charge on any atom is 0.0931 e. The Morgan fingerprint density at radius 1 is 1.67 bits per heavy atom. The molecule has 2 nitrogen and oxygen atoms in total. The lowest BCUT2D eigenvalue weighted by atomic mass is 10.0. The fourth-order valence-corrected chi connectivity index (χ4v) is 2.32. The fourth-order valence-electron chi connectivity index (χ4n) is 1.35. The van der Waals surface area contributed by atoms with Crippen LogP contribution in [-0.2, 0) is 12.8 Å². The minimum absolute atomic E-state index is 0.848. The van der Waals surface area contributed by atoms with Crippen molar-refractivity contribution in [3.05, 3.63) is 16.1 Å². The summed E-state index contributed by atoms with van der Waals surface area (Å²) in [5.41, 5.74) is 0. The third kappa shape index (κ3) is 1.67. The van der Waals surface area contributed by atoms with Crippen LogP contribution in [0.25, 0.3) is 0 Å². The molecule has 0 bridgehead atoms. The van der Waals surface area contributed by atoms with Crippen molar-refractivity contribution in [3.63, 3.8) is 0 Å². The van der Waals surface area contributed by atoms with Gasteiger partial charge in [-0.3, -0.25) is 0 Å². The van der Waals surface area contributed by atoms with Gasteiger partial charge in [0.2, 0.25) is 0 Å². The van der Waals surface area contributed by atoms with Gasteiger partial charge in [-0.05, 0) is 25.4 Å². The standard InChI is InChI=1S/C9H14N2S/c1-2-8-6-11-9(12-8)3-7-4-10-5-7/h6-7,10H,2-5H2,1H3. The number of rotatable bonds is 3. The summed E-state index contributed by atoms with van der Waals surface area (Å²) in [6, 6.07) is 0. The Balaban J connectivity index is 1.93. The molecule has 1 aliphatic rings. The molecule has 66 valence electrons. The van der Waals surface area contributed by atoms with Crippen LogP contribution in [0.2, 0.25) is 0 Å². The number of nitrogens with one attached hydrogen (secondary N) is 1. The minimum Gasteiger partial charge on any atom is -0.316 e. The van der Waals surface area contributed by atoms with E-state index in [2.05, 4.69) is 17.2 Å². The largest absolute Gasteiger partial charge is 0.316 e. The van der Waals surface area contributed by atoms with Crippen molar-refractivity contribution in [1.29, 1.82) is 0 Å². The monoisotopic (exact) mass is 182 g/mol. The van der Waals surface area contributed by atoms with E-state index < -0.39 is 0 Å². The van der Waals surface area contributed by atoms with Crippen LogP contribution in [0.5, 0.6) is 0 Å². The Hall–Kier alpha value is -0.410. The van der Waals surface area contributed by atoms with Gasteiger partial charge in [0.1, 0.15) is 0 Å². The predicted octanol–water partition coefficient (Wildman–Crippen LogP) is 1.47. The average molecular weight is 182 g/mol. The molecule has 3 heteroatoms. The maximum absolute atomic E-state index is 4.40. The highest BCUT2D eigenvalue weighted by molar-refractivity contribution is 7.11. The zero-order valence-electron chi connectivity index (χ0n) is 7.34. The van der Waals surface area contributed by atoms with Gasteiger partial charge in [-0.1, -0.05) is 6.92 Å². The van der Waals surface area contributed by atoms with E-state index in [9.17, 15) is 0 Å².